The third-order valence-corrected chi connectivity index (χ3v) is 5.63. The molecule has 0 amide bonds. The number of benzene rings is 2. The molecule has 1 saturated heterocycles. The van der Waals surface area contributed by atoms with Crippen molar-refractivity contribution in [1.82, 2.24) is 4.90 Å². The quantitative estimate of drug-likeness (QED) is 0.243. The van der Waals surface area contributed by atoms with E-state index in [0.29, 0.717) is 6.07 Å². The van der Waals surface area contributed by atoms with E-state index in [1.807, 2.05) is 0 Å². The van der Waals surface area contributed by atoms with Crippen molar-refractivity contribution in [2.24, 2.45) is 0 Å². The summed E-state index contributed by atoms with van der Waals surface area (Å²) in [4.78, 5) is 13.6. The molecule has 14 heteroatoms. The summed E-state index contributed by atoms with van der Waals surface area (Å²) in [7, 11) is 0. The third kappa shape index (κ3) is 5.77. The maximum Gasteiger partial charge on any atom is 0.416 e. The summed E-state index contributed by atoms with van der Waals surface area (Å²) in [6, 6.07) is 5.08. The van der Waals surface area contributed by atoms with Crippen molar-refractivity contribution in [1.29, 1.82) is 0 Å². The summed E-state index contributed by atoms with van der Waals surface area (Å²) in [6.45, 7) is 0.815. The SMILES string of the molecule is O=[N+]([O-])c1cc(C(F)(F)F)ccc1N1CCN(C(=S)Nc2cc(C(F)(F)F)ccc2Cl)CC1. The van der Waals surface area contributed by atoms with Crippen LogP contribution >= 0.6 is 23.8 Å². The molecule has 0 aliphatic carbocycles. The molecule has 1 aliphatic heterocycles. The van der Waals surface area contributed by atoms with Gasteiger partial charge in [0.2, 0.25) is 0 Å². The van der Waals surface area contributed by atoms with Gasteiger partial charge in [0.05, 0.1) is 26.8 Å². The van der Waals surface area contributed by atoms with Crippen LogP contribution in [-0.4, -0.2) is 41.1 Å². The number of anilines is 2. The fraction of sp³-hybridized carbons (Fsp3) is 0.316. The van der Waals surface area contributed by atoms with E-state index in [-0.39, 0.29) is 47.7 Å². The maximum absolute atomic E-state index is 12.9. The molecule has 0 radical (unpaired) electrons. The van der Waals surface area contributed by atoms with Gasteiger partial charge in [0.1, 0.15) is 5.69 Å². The lowest BCUT2D eigenvalue weighted by Crippen LogP contribution is -2.50. The molecule has 2 aromatic carbocycles. The van der Waals surface area contributed by atoms with Crippen molar-refractivity contribution in [2.45, 2.75) is 12.4 Å². The first-order chi connectivity index (χ1) is 15.3. The zero-order valence-electron chi connectivity index (χ0n) is 16.5. The number of hydrogen-bond donors (Lipinski definition) is 1. The fourth-order valence-electron chi connectivity index (χ4n) is 3.26. The van der Waals surface area contributed by atoms with Crippen LogP contribution in [0, 0.1) is 10.1 Å². The first-order valence-corrected chi connectivity index (χ1v) is 10.1. The van der Waals surface area contributed by atoms with E-state index in [4.69, 9.17) is 23.8 Å². The van der Waals surface area contributed by atoms with Gasteiger partial charge in [-0.2, -0.15) is 26.3 Å². The minimum atomic E-state index is -4.72. The van der Waals surface area contributed by atoms with Crippen molar-refractivity contribution in [2.75, 3.05) is 36.4 Å². The minimum absolute atomic E-state index is 0.0303. The second kappa shape index (κ2) is 9.21. The molecule has 0 atom stereocenters. The van der Waals surface area contributed by atoms with Gasteiger partial charge < -0.3 is 15.1 Å². The lowest BCUT2D eigenvalue weighted by atomic mass is 10.1. The molecule has 0 aromatic heterocycles. The highest BCUT2D eigenvalue weighted by molar-refractivity contribution is 7.80. The Morgan fingerprint density at radius 1 is 0.970 bits per heavy atom. The number of piperazine rings is 1. The van der Waals surface area contributed by atoms with Crippen LogP contribution < -0.4 is 10.2 Å². The first-order valence-electron chi connectivity index (χ1n) is 9.30. The lowest BCUT2D eigenvalue weighted by molar-refractivity contribution is -0.384. The number of halogens is 7. The van der Waals surface area contributed by atoms with Gasteiger partial charge in [-0.25, -0.2) is 0 Å². The van der Waals surface area contributed by atoms with E-state index in [2.05, 4.69) is 5.32 Å². The molecular weight excluding hydrogens is 498 g/mol. The summed E-state index contributed by atoms with van der Waals surface area (Å²) in [6.07, 6.45) is -9.28. The normalized spacial score (nSPS) is 14.9. The maximum atomic E-state index is 12.9. The zero-order chi connectivity index (χ0) is 24.6. The molecule has 1 fully saturated rings. The fourth-order valence-corrected chi connectivity index (χ4v) is 3.71. The van der Waals surface area contributed by atoms with Gasteiger partial charge in [-0.05, 0) is 42.5 Å². The highest BCUT2D eigenvalue weighted by Gasteiger charge is 2.34. The van der Waals surface area contributed by atoms with E-state index in [1.165, 1.54) is 0 Å². The van der Waals surface area contributed by atoms with E-state index in [9.17, 15) is 36.5 Å². The molecule has 6 nitrogen and oxygen atoms in total. The van der Waals surface area contributed by atoms with Gasteiger partial charge >= 0.3 is 12.4 Å². The Kier molecular flexibility index (Phi) is 6.93. The van der Waals surface area contributed by atoms with Gasteiger partial charge in [-0.1, -0.05) is 11.6 Å². The molecule has 178 valence electrons. The molecule has 1 aliphatic rings. The lowest BCUT2D eigenvalue weighted by Gasteiger charge is -2.37. The Hall–Kier alpha value is -2.80. The minimum Gasteiger partial charge on any atom is -0.362 e. The zero-order valence-corrected chi connectivity index (χ0v) is 18.1. The number of alkyl halides is 6. The van der Waals surface area contributed by atoms with Gasteiger partial charge in [0.15, 0.2) is 5.11 Å². The second-order valence-corrected chi connectivity index (χ2v) is 7.85. The van der Waals surface area contributed by atoms with E-state index in [0.717, 1.165) is 30.3 Å². The summed E-state index contributed by atoms with van der Waals surface area (Å²) in [5.41, 5.74) is -2.70. The average Bonchev–Trinajstić information content (AvgIpc) is 2.73. The predicted octanol–water partition coefficient (Wildman–Crippen LogP) is 5.80. The standard InChI is InChI=1S/C19H15ClF6N4O2S/c20-13-3-1-11(18(21,22)23)9-14(13)27-17(33)29-7-5-28(6-8-29)15-4-2-12(19(24,25)26)10-16(15)30(31)32/h1-4,9-10H,5-8H2,(H,27,33). The van der Waals surface area contributed by atoms with Crippen molar-refractivity contribution >= 4 is 46.0 Å². The number of nitro benzene ring substituents is 1. The van der Waals surface area contributed by atoms with E-state index < -0.39 is 34.1 Å². The van der Waals surface area contributed by atoms with Crippen LogP contribution in [0.25, 0.3) is 0 Å². The molecular formula is C19H15ClF6N4O2S. The Morgan fingerprint density at radius 3 is 2.06 bits per heavy atom. The second-order valence-electron chi connectivity index (χ2n) is 7.05. The Labute approximate surface area is 193 Å². The molecule has 1 N–H and O–H groups in total. The van der Waals surface area contributed by atoms with E-state index in [1.54, 1.807) is 9.80 Å². The number of hydrogen-bond acceptors (Lipinski definition) is 4. The monoisotopic (exact) mass is 512 g/mol. The van der Waals surface area contributed by atoms with Gasteiger partial charge in [0.25, 0.3) is 5.69 Å². The van der Waals surface area contributed by atoms with Crippen molar-refractivity contribution in [3.63, 3.8) is 0 Å². The van der Waals surface area contributed by atoms with Crippen molar-refractivity contribution < 1.29 is 31.3 Å². The first kappa shape index (κ1) is 24.8. The van der Waals surface area contributed by atoms with E-state index >= 15 is 0 Å². The summed E-state index contributed by atoms with van der Waals surface area (Å²) in [5, 5.41) is 14.1. The number of thiocarbonyl (C=S) groups is 1. The molecule has 3 rings (SSSR count). The van der Waals surface area contributed by atoms with Crippen LogP contribution in [0.2, 0.25) is 5.02 Å². The van der Waals surface area contributed by atoms with Gasteiger partial charge in [-0.3, -0.25) is 10.1 Å². The highest BCUT2D eigenvalue weighted by Crippen LogP contribution is 2.37. The summed E-state index contributed by atoms with van der Waals surface area (Å²) >= 11 is 11.2. The van der Waals surface area contributed by atoms with Crippen LogP contribution in [-0.2, 0) is 12.4 Å². The molecule has 0 unspecified atom stereocenters. The molecule has 0 spiro atoms. The van der Waals surface area contributed by atoms with Crippen LogP contribution in [0.3, 0.4) is 0 Å². The molecule has 1 heterocycles. The Balaban J connectivity index is 1.70. The molecule has 33 heavy (non-hydrogen) atoms. The number of rotatable bonds is 3. The number of nitrogens with zero attached hydrogens (tertiary/aromatic N) is 3. The van der Waals surface area contributed by atoms with Crippen molar-refractivity contribution in [3.05, 3.63) is 62.7 Å². The molecule has 2 aromatic rings. The van der Waals surface area contributed by atoms with Gasteiger partial charge in [-0.15, -0.1) is 0 Å². The largest absolute Gasteiger partial charge is 0.416 e. The number of nitrogens with one attached hydrogen (secondary N) is 1. The predicted molar refractivity (Wildman–Crippen MR) is 115 cm³/mol. The molecule has 0 saturated carbocycles. The van der Waals surface area contributed by atoms with Crippen LogP contribution in [0.4, 0.5) is 43.4 Å². The number of nitro groups is 1. The Morgan fingerprint density at radius 2 is 1.52 bits per heavy atom. The topological polar surface area (TPSA) is 61.7 Å². The smallest absolute Gasteiger partial charge is 0.362 e. The van der Waals surface area contributed by atoms with Crippen LogP contribution in [0.1, 0.15) is 11.1 Å². The summed E-state index contributed by atoms with van der Waals surface area (Å²) < 4.78 is 77.6. The van der Waals surface area contributed by atoms with Crippen LogP contribution in [0.5, 0.6) is 0 Å². The van der Waals surface area contributed by atoms with Gasteiger partial charge in [0, 0.05) is 32.2 Å². The summed E-state index contributed by atoms with van der Waals surface area (Å²) in [5.74, 6) is 0. The van der Waals surface area contributed by atoms with Crippen LogP contribution in [0.15, 0.2) is 36.4 Å². The molecule has 0 bridgehead atoms. The van der Waals surface area contributed by atoms with Crippen molar-refractivity contribution in [3.8, 4) is 0 Å². The third-order valence-electron chi connectivity index (χ3n) is 4.94. The Bertz CT molecular complexity index is 1070. The highest BCUT2D eigenvalue weighted by atomic mass is 35.5. The average molecular weight is 513 g/mol.